The normalized spacial score (nSPS) is 16.2. The SMILES string of the molecule is O=C1N[C@H]2COC[C@H]2NC(=O)c2ccc(n(OCc3ccccc3)c2=O)C(=O)NCCCN(C(=O)c2cccc(=O)n2OCc2ccccc2)CCCCN(C(=O)c2cccc(=O)n2OCc2ccccc2)CCCNC(=O)c2ccc1c(=O)n2OCc1ccccc1. The zero-order valence-electron chi connectivity index (χ0n) is 50.6. The third-order valence-electron chi connectivity index (χ3n) is 15.3. The third-order valence-corrected chi connectivity index (χ3v) is 15.3. The zero-order valence-corrected chi connectivity index (χ0v) is 50.6. The van der Waals surface area contributed by atoms with E-state index in [0.717, 1.165) is 30.0 Å². The molecule has 2 atom stereocenters. The molecule has 8 aromatic rings. The predicted octanol–water partition coefficient (Wildman–Crippen LogP) is 3.09. The van der Waals surface area contributed by atoms with Crippen LogP contribution in [0.15, 0.2) is 201 Å². The van der Waals surface area contributed by atoms with E-state index in [1.54, 1.807) is 84.9 Å². The maximum absolute atomic E-state index is 14.8. The van der Waals surface area contributed by atoms with Crippen molar-refractivity contribution in [2.75, 3.05) is 52.5 Å². The van der Waals surface area contributed by atoms with Crippen molar-refractivity contribution in [1.29, 1.82) is 0 Å². The first-order chi connectivity index (χ1) is 45.3. The van der Waals surface area contributed by atoms with E-state index in [-0.39, 0.29) is 127 Å². The fourth-order valence-electron chi connectivity index (χ4n) is 10.4. The number of hydrogen-bond acceptors (Lipinski definition) is 15. The first-order valence-corrected chi connectivity index (χ1v) is 30.3. The summed E-state index contributed by atoms with van der Waals surface area (Å²) in [6.45, 7) is -0.683. The highest BCUT2D eigenvalue weighted by atomic mass is 16.7. The first-order valence-electron chi connectivity index (χ1n) is 30.3. The average Bonchev–Trinajstić information content (AvgIpc) is 1.67. The van der Waals surface area contributed by atoms with Crippen LogP contribution in [-0.4, -0.2) is 129 Å². The summed E-state index contributed by atoms with van der Waals surface area (Å²) in [4.78, 5) is 169. The van der Waals surface area contributed by atoms with Crippen LogP contribution in [0.25, 0.3) is 0 Å². The van der Waals surface area contributed by atoms with Crippen molar-refractivity contribution in [2.24, 2.45) is 0 Å². The van der Waals surface area contributed by atoms with Crippen molar-refractivity contribution >= 4 is 35.4 Å². The molecule has 93 heavy (non-hydrogen) atoms. The summed E-state index contributed by atoms with van der Waals surface area (Å²) in [6.07, 6.45) is 0.807. The van der Waals surface area contributed by atoms with Gasteiger partial charge in [-0.15, -0.1) is 18.9 Å². The number of nitrogens with one attached hydrogen (secondary N) is 4. The van der Waals surface area contributed by atoms with E-state index in [9.17, 15) is 47.9 Å². The molecular weight excluding hydrogens is 1200 g/mol. The smallest absolute Gasteiger partial charge is 0.296 e. The second-order valence-electron chi connectivity index (χ2n) is 21.8. The second-order valence-corrected chi connectivity index (χ2v) is 21.8. The maximum Gasteiger partial charge on any atom is 0.296 e. The minimum Gasteiger partial charge on any atom is -0.405 e. The minimum atomic E-state index is -0.995. The van der Waals surface area contributed by atoms with Crippen molar-refractivity contribution < 1.29 is 52.9 Å². The van der Waals surface area contributed by atoms with Gasteiger partial charge in [-0.25, -0.2) is 0 Å². The Labute approximate surface area is 532 Å². The van der Waals surface area contributed by atoms with E-state index < -0.39 is 80.9 Å². The molecule has 0 spiro atoms. The lowest BCUT2D eigenvalue weighted by molar-refractivity contribution is 0.0557. The Hall–Kier alpha value is -11.3. The molecule has 25 nitrogen and oxygen atoms in total. The summed E-state index contributed by atoms with van der Waals surface area (Å²) < 4.78 is 8.98. The van der Waals surface area contributed by atoms with Crippen LogP contribution < -0.4 is 62.9 Å². The van der Waals surface area contributed by atoms with Gasteiger partial charge >= 0.3 is 0 Å². The standard InChI is InChI=1S/C68H68N10O15/c79-59-29-15-27-57(75(59)90-41-47-19-5-1-6-20-47)67(87)73-37-13-14-38-74(68(88)58-28-16-30-60(80)76(58)91-42-48-21-7-2-8-22-48)40-18-36-70-64(84)56-34-32-52(66(86)78(56)93-44-50-25-11-4-12-26-50)62(82)72-54-46-89-45-53(54)71-61(81)51-31-33-55(63(83)69-35-17-39-73)77(65(51)85)92-43-49-23-9-3-10-24-49/h1-12,15-16,19-34,53-54H,13-14,17-18,35-46H2,(H,69,83)(H,70,84)(H,71,81)(H,72,82)/t53-,54+. The highest BCUT2D eigenvalue weighted by Crippen LogP contribution is 2.15. The van der Waals surface area contributed by atoms with Crippen LogP contribution in [0.1, 0.15) is 111 Å². The van der Waals surface area contributed by atoms with Gasteiger partial charge in [0.05, 0.1) is 25.3 Å². The maximum atomic E-state index is 14.8. The number of rotatable bonds is 14. The zero-order chi connectivity index (χ0) is 65.1. The lowest BCUT2D eigenvalue weighted by Crippen LogP contribution is -2.52. The molecule has 1 fully saturated rings. The molecule has 4 aromatic carbocycles. The molecule has 8 heterocycles. The van der Waals surface area contributed by atoms with Gasteiger partial charge in [0.25, 0.3) is 57.7 Å². The molecule has 12 rings (SSSR count). The highest BCUT2D eigenvalue weighted by Gasteiger charge is 2.34. The van der Waals surface area contributed by atoms with Crippen LogP contribution in [0.3, 0.4) is 0 Å². The summed E-state index contributed by atoms with van der Waals surface area (Å²) in [5.74, 6) is -4.50. The van der Waals surface area contributed by atoms with Crippen molar-refractivity contribution in [1.82, 2.24) is 50.0 Å². The third kappa shape index (κ3) is 16.5. The minimum absolute atomic E-state index is 0.00881. The van der Waals surface area contributed by atoms with E-state index in [1.807, 2.05) is 36.4 Å². The molecule has 0 saturated carbocycles. The molecular formula is C68H68N10O15. The lowest BCUT2D eigenvalue weighted by atomic mass is 10.1. The van der Waals surface area contributed by atoms with Gasteiger partial charge < -0.3 is 55.2 Å². The lowest BCUT2D eigenvalue weighted by Gasteiger charge is -2.26. The van der Waals surface area contributed by atoms with Crippen LogP contribution in [-0.2, 0) is 31.2 Å². The Balaban J connectivity index is 0.973. The van der Waals surface area contributed by atoms with Crippen LogP contribution in [0.5, 0.6) is 0 Å². The Morgan fingerprint density at radius 1 is 0.376 bits per heavy atom. The summed E-state index contributed by atoms with van der Waals surface area (Å²) in [6, 6.07) is 47.0. The molecule has 4 aliphatic rings. The fraction of sp³-hybridized carbons (Fsp3) is 0.265. The number of benzene rings is 4. The quantitative estimate of drug-likeness (QED) is 0.122. The molecule has 4 bridgehead atoms. The number of carbonyl (C=O) groups is 6. The molecule has 4 N–H and O–H groups in total. The number of amides is 6. The van der Waals surface area contributed by atoms with E-state index in [0.29, 0.717) is 11.1 Å². The molecule has 0 radical (unpaired) electrons. The topological polar surface area (TPSA) is 291 Å². The van der Waals surface area contributed by atoms with Gasteiger partial charge in [-0.2, -0.15) is 0 Å². The summed E-state index contributed by atoms with van der Waals surface area (Å²) in [5.41, 5.74) is -2.03. The van der Waals surface area contributed by atoms with E-state index >= 15 is 0 Å². The highest BCUT2D eigenvalue weighted by molar-refractivity contribution is 5.98. The van der Waals surface area contributed by atoms with Crippen LogP contribution >= 0.6 is 0 Å². The Bertz CT molecular complexity index is 3930. The summed E-state index contributed by atoms with van der Waals surface area (Å²) >= 11 is 0. The number of aromatic nitrogens is 4. The molecule has 4 aromatic heterocycles. The largest absolute Gasteiger partial charge is 0.405 e. The molecule has 4 aliphatic heterocycles. The number of nitrogens with zero attached hydrogens (tertiary/aromatic N) is 6. The molecule has 480 valence electrons. The molecule has 0 unspecified atom stereocenters. The number of hydrogen-bond donors (Lipinski definition) is 4. The Morgan fingerprint density at radius 3 is 1.06 bits per heavy atom. The van der Waals surface area contributed by atoms with Gasteiger partial charge in [0, 0.05) is 51.4 Å². The van der Waals surface area contributed by atoms with Crippen LogP contribution in [0, 0.1) is 0 Å². The van der Waals surface area contributed by atoms with Gasteiger partial charge in [-0.3, -0.25) is 47.9 Å². The van der Waals surface area contributed by atoms with E-state index in [4.69, 9.17) is 24.1 Å². The average molecular weight is 1270 g/mol. The van der Waals surface area contributed by atoms with Gasteiger partial charge in [-0.1, -0.05) is 133 Å². The molecule has 6 amide bonds. The number of pyridine rings is 4. The molecule has 1 saturated heterocycles. The first kappa shape index (κ1) is 64.6. The Kier molecular flexibility index (Phi) is 21.8. The van der Waals surface area contributed by atoms with Crippen molar-refractivity contribution in [3.8, 4) is 0 Å². The monoisotopic (exact) mass is 1260 g/mol. The van der Waals surface area contributed by atoms with E-state index in [1.165, 1.54) is 70.5 Å². The van der Waals surface area contributed by atoms with Crippen LogP contribution in [0.2, 0.25) is 0 Å². The molecule has 0 aliphatic carbocycles. The van der Waals surface area contributed by atoms with Gasteiger partial charge in [0.1, 0.15) is 60.3 Å². The Morgan fingerprint density at radius 2 is 0.710 bits per heavy atom. The fourth-order valence-corrected chi connectivity index (χ4v) is 10.4. The van der Waals surface area contributed by atoms with E-state index in [2.05, 4.69) is 21.3 Å². The molecule has 25 heteroatoms. The predicted molar refractivity (Wildman–Crippen MR) is 338 cm³/mol. The van der Waals surface area contributed by atoms with Gasteiger partial charge in [0.2, 0.25) is 0 Å². The van der Waals surface area contributed by atoms with Crippen molar-refractivity contribution in [3.05, 3.63) is 280 Å². The van der Waals surface area contributed by atoms with Gasteiger partial charge in [0.15, 0.2) is 0 Å². The van der Waals surface area contributed by atoms with Crippen molar-refractivity contribution in [2.45, 2.75) is 64.2 Å². The number of fused-ring (bicyclic) bond motifs is 2. The summed E-state index contributed by atoms with van der Waals surface area (Å²) in [7, 11) is 0. The van der Waals surface area contributed by atoms with Crippen molar-refractivity contribution in [3.63, 3.8) is 0 Å². The number of carbonyl (C=O) groups excluding carboxylic acids is 6. The summed E-state index contributed by atoms with van der Waals surface area (Å²) in [5, 5.41) is 11.1. The van der Waals surface area contributed by atoms with Gasteiger partial charge in [-0.05, 0) is 84.3 Å². The number of ether oxygens (including phenoxy) is 1. The second kappa shape index (κ2) is 31.4. The van der Waals surface area contributed by atoms with Crippen LogP contribution in [0.4, 0.5) is 0 Å².